The number of aromatic nitrogens is 2. The van der Waals surface area contributed by atoms with E-state index in [-0.39, 0.29) is 35.9 Å². The standard InChI is InChI=1S/C24H24FN5O5S/c1-14(31)27-17-5-7-18(8-6-17)36(32,33)30-21-13-35-22-20(12-34-23(21)22)29-24-26-10-9-19(28-24)15-3-2-4-16(25)11-15/h2-11,20-23,30H,12-13H2,1H3,(H,27,31)(H,26,28,29)/t20-,21+,22-,23+/m0/s1. The molecule has 36 heavy (non-hydrogen) atoms. The van der Waals surface area contributed by atoms with Gasteiger partial charge in [0.25, 0.3) is 0 Å². The van der Waals surface area contributed by atoms with E-state index in [1.54, 1.807) is 24.4 Å². The molecule has 2 saturated heterocycles. The first kappa shape index (κ1) is 24.3. The molecule has 2 aromatic carbocycles. The van der Waals surface area contributed by atoms with Gasteiger partial charge < -0.3 is 20.1 Å². The van der Waals surface area contributed by atoms with Crippen LogP contribution in [0.1, 0.15) is 6.92 Å². The normalized spacial score (nSPS) is 23.3. The molecule has 188 valence electrons. The second-order valence-corrected chi connectivity index (χ2v) is 10.3. The summed E-state index contributed by atoms with van der Waals surface area (Å²) < 4.78 is 53.8. The van der Waals surface area contributed by atoms with E-state index in [0.29, 0.717) is 22.9 Å². The molecule has 2 fully saturated rings. The number of anilines is 2. The largest absolute Gasteiger partial charge is 0.371 e. The Labute approximate surface area is 207 Å². The van der Waals surface area contributed by atoms with Crippen LogP contribution >= 0.6 is 0 Å². The fourth-order valence-electron chi connectivity index (χ4n) is 4.31. The van der Waals surface area contributed by atoms with Crippen molar-refractivity contribution in [2.24, 2.45) is 0 Å². The van der Waals surface area contributed by atoms with E-state index >= 15 is 0 Å². The lowest BCUT2D eigenvalue weighted by atomic mass is 10.1. The van der Waals surface area contributed by atoms with Gasteiger partial charge in [0, 0.05) is 24.4 Å². The van der Waals surface area contributed by atoms with E-state index in [9.17, 15) is 17.6 Å². The number of nitrogens with zero attached hydrogens (tertiary/aromatic N) is 2. The van der Waals surface area contributed by atoms with Gasteiger partial charge in [0.2, 0.25) is 21.9 Å². The molecular formula is C24H24FN5O5S. The van der Waals surface area contributed by atoms with Crippen molar-refractivity contribution in [2.45, 2.75) is 36.1 Å². The van der Waals surface area contributed by atoms with Crippen LogP contribution in [-0.2, 0) is 24.3 Å². The molecule has 2 aliphatic heterocycles. The quantitative estimate of drug-likeness (QED) is 0.438. The first-order chi connectivity index (χ1) is 17.3. The predicted octanol–water partition coefficient (Wildman–Crippen LogP) is 2.17. The highest BCUT2D eigenvalue weighted by atomic mass is 32.2. The van der Waals surface area contributed by atoms with Crippen LogP contribution in [0.5, 0.6) is 0 Å². The van der Waals surface area contributed by atoms with Crippen LogP contribution in [-0.4, -0.2) is 61.8 Å². The number of rotatable bonds is 7. The summed E-state index contributed by atoms with van der Waals surface area (Å²) in [4.78, 5) is 19.9. The Kier molecular flexibility index (Phi) is 6.67. The summed E-state index contributed by atoms with van der Waals surface area (Å²) in [7, 11) is -3.84. The van der Waals surface area contributed by atoms with Crippen molar-refractivity contribution in [3.63, 3.8) is 0 Å². The van der Waals surface area contributed by atoms with Gasteiger partial charge in [-0.2, -0.15) is 0 Å². The molecule has 3 heterocycles. The van der Waals surface area contributed by atoms with Gasteiger partial charge in [-0.05, 0) is 42.5 Å². The maximum Gasteiger partial charge on any atom is 0.240 e. The second kappa shape index (κ2) is 9.90. The molecule has 0 radical (unpaired) electrons. The van der Waals surface area contributed by atoms with E-state index in [2.05, 4.69) is 25.3 Å². The number of hydrogen-bond donors (Lipinski definition) is 3. The maximum absolute atomic E-state index is 13.6. The fraction of sp³-hybridized carbons (Fsp3) is 0.292. The van der Waals surface area contributed by atoms with Crippen LogP contribution < -0.4 is 15.4 Å². The third kappa shape index (κ3) is 5.21. The highest BCUT2D eigenvalue weighted by molar-refractivity contribution is 7.89. The van der Waals surface area contributed by atoms with Crippen LogP contribution in [0.3, 0.4) is 0 Å². The minimum atomic E-state index is -3.84. The molecule has 3 aromatic rings. The molecule has 0 saturated carbocycles. The van der Waals surface area contributed by atoms with Gasteiger partial charge in [0.15, 0.2) is 0 Å². The highest BCUT2D eigenvalue weighted by Crippen LogP contribution is 2.30. The monoisotopic (exact) mass is 513 g/mol. The number of carbonyl (C=O) groups excluding carboxylic acids is 1. The van der Waals surface area contributed by atoms with Gasteiger partial charge in [0.05, 0.1) is 35.9 Å². The molecule has 0 aliphatic carbocycles. The van der Waals surface area contributed by atoms with Crippen molar-refractivity contribution in [1.82, 2.24) is 14.7 Å². The Balaban J connectivity index is 1.24. The molecule has 0 spiro atoms. The number of nitrogens with one attached hydrogen (secondary N) is 3. The molecule has 5 rings (SSSR count). The van der Waals surface area contributed by atoms with Crippen molar-refractivity contribution in [3.05, 3.63) is 66.6 Å². The lowest BCUT2D eigenvalue weighted by molar-refractivity contribution is -0.114. The molecule has 12 heteroatoms. The highest BCUT2D eigenvalue weighted by Gasteiger charge is 2.49. The van der Waals surface area contributed by atoms with Crippen LogP contribution in [0.25, 0.3) is 11.3 Å². The van der Waals surface area contributed by atoms with Gasteiger partial charge in [-0.1, -0.05) is 12.1 Å². The number of halogens is 1. The molecular weight excluding hydrogens is 489 g/mol. The molecule has 0 bridgehead atoms. The SMILES string of the molecule is CC(=O)Nc1ccc(S(=O)(=O)N[C@@H]2CO[C@@H]3[C@@H]2OC[C@@H]3Nc2nccc(-c3cccc(F)c3)n2)cc1. The average molecular weight is 514 g/mol. The maximum atomic E-state index is 13.6. The molecule has 0 unspecified atom stereocenters. The van der Waals surface area contributed by atoms with Gasteiger partial charge in [-0.3, -0.25) is 4.79 Å². The zero-order valence-corrected chi connectivity index (χ0v) is 20.0. The van der Waals surface area contributed by atoms with Crippen LogP contribution in [0.15, 0.2) is 65.7 Å². The van der Waals surface area contributed by atoms with Crippen molar-refractivity contribution >= 4 is 27.6 Å². The van der Waals surface area contributed by atoms with Gasteiger partial charge >= 0.3 is 0 Å². The van der Waals surface area contributed by atoms with E-state index in [1.807, 2.05) is 0 Å². The molecule has 1 aromatic heterocycles. The molecule has 2 aliphatic rings. The number of sulfonamides is 1. The number of benzene rings is 2. The van der Waals surface area contributed by atoms with E-state index in [1.165, 1.54) is 43.3 Å². The average Bonchev–Trinajstić information content (AvgIpc) is 3.42. The van der Waals surface area contributed by atoms with Gasteiger partial charge in [0.1, 0.15) is 18.0 Å². The van der Waals surface area contributed by atoms with Crippen LogP contribution in [0.2, 0.25) is 0 Å². The molecule has 10 nitrogen and oxygen atoms in total. The second-order valence-electron chi connectivity index (χ2n) is 8.56. The van der Waals surface area contributed by atoms with Crippen LogP contribution in [0, 0.1) is 5.82 Å². The topological polar surface area (TPSA) is 132 Å². The van der Waals surface area contributed by atoms with Crippen molar-refractivity contribution in [3.8, 4) is 11.3 Å². The Hall–Kier alpha value is -3.45. The predicted molar refractivity (Wildman–Crippen MR) is 129 cm³/mol. The third-order valence-electron chi connectivity index (χ3n) is 5.94. The first-order valence-corrected chi connectivity index (χ1v) is 12.8. The van der Waals surface area contributed by atoms with E-state index in [0.717, 1.165) is 0 Å². The Bertz CT molecular complexity index is 1370. The summed E-state index contributed by atoms with van der Waals surface area (Å²) in [6.45, 7) is 1.78. The molecule has 3 N–H and O–H groups in total. The Morgan fingerprint density at radius 3 is 2.47 bits per heavy atom. The summed E-state index contributed by atoms with van der Waals surface area (Å²) in [6.07, 6.45) is 0.663. The molecule has 1 amide bonds. The summed E-state index contributed by atoms with van der Waals surface area (Å²) in [5.41, 5.74) is 1.69. The minimum Gasteiger partial charge on any atom is -0.371 e. The summed E-state index contributed by atoms with van der Waals surface area (Å²) >= 11 is 0. The summed E-state index contributed by atoms with van der Waals surface area (Å²) in [5.74, 6) is -0.271. The van der Waals surface area contributed by atoms with Crippen molar-refractivity contribution in [2.75, 3.05) is 23.8 Å². The zero-order chi connectivity index (χ0) is 25.3. The number of carbonyl (C=O) groups is 1. The minimum absolute atomic E-state index is 0.0651. The number of fused-ring (bicyclic) bond motifs is 1. The van der Waals surface area contributed by atoms with Crippen molar-refractivity contribution < 1.29 is 27.1 Å². The lowest BCUT2D eigenvalue weighted by Gasteiger charge is -2.18. The summed E-state index contributed by atoms with van der Waals surface area (Å²) in [5, 5.41) is 5.79. The first-order valence-electron chi connectivity index (χ1n) is 11.3. The van der Waals surface area contributed by atoms with Gasteiger partial charge in [-0.25, -0.2) is 27.5 Å². The Morgan fingerprint density at radius 1 is 1.03 bits per heavy atom. The summed E-state index contributed by atoms with van der Waals surface area (Å²) in [6, 6.07) is 12.8. The van der Waals surface area contributed by atoms with Crippen LogP contribution in [0.4, 0.5) is 16.0 Å². The lowest BCUT2D eigenvalue weighted by Crippen LogP contribution is -2.44. The smallest absolute Gasteiger partial charge is 0.240 e. The zero-order valence-electron chi connectivity index (χ0n) is 19.2. The third-order valence-corrected chi connectivity index (χ3v) is 7.44. The number of hydrogen-bond acceptors (Lipinski definition) is 8. The van der Waals surface area contributed by atoms with E-state index in [4.69, 9.17) is 9.47 Å². The molecule has 4 atom stereocenters. The van der Waals surface area contributed by atoms with Crippen molar-refractivity contribution in [1.29, 1.82) is 0 Å². The van der Waals surface area contributed by atoms with E-state index < -0.39 is 28.3 Å². The number of ether oxygens (including phenoxy) is 2. The Morgan fingerprint density at radius 2 is 1.75 bits per heavy atom. The fourth-order valence-corrected chi connectivity index (χ4v) is 5.55. The number of amides is 1. The van der Waals surface area contributed by atoms with Gasteiger partial charge in [-0.15, -0.1) is 0 Å².